The lowest BCUT2D eigenvalue weighted by atomic mass is 10.1. The van der Waals surface area contributed by atoms with E-state index in [0.29, 0.717) is 0 Å². The van der Waals surface area contributed by atoms with Crippen molar-refractivity contribution >= 4 is 11.8 Å². The summed E-state index contributed by atoms with van der Waals surface area (Å²) < 4.78 is 0. The SMILES string of the molecule is C#C.CC.CCCCCCCCCN1CCSCC1.CO. The monoisotopic (exact) mass is 317 g/mol. The van der Waals surface area contributed by atoms with Crippen molar-refractivity contribution in [1.82, 2.24) is 4.90 Å². The van der Waals surface area contributed by atoms with Crippen LogP contribution in [0.15, 0.2) is 0 Å². The Hall–Kier alpha value is -0.170. The maximum atomic E-state index is 7.00. The summed E-state index contributed by atoms with van der Waals surface area (Å²) in [5.41, 5.74) is 0. The van der Waals surface area contributed by atoms with Crippen LogP contribution in [0.1, 0.15) is 65.7 Å². The number of hydrogen-bond acceptors (Lipinski definition) is 3. The van der Waals surface area contributed by atoms with Crippen LogP contribution in [-0.2, 0) is 0 Å². The summed E-state index contributed by atoms with van der Waals surface area (Å²) >= 11 is 2.11. The van der Waals surface area contributed by atoms with Gasteiger partial charge in [-0.05, 0) is 13.0 Å². The first-order valence-corrected chi connectivity index (χ1v) is 9.67. The van der Waals surface area contributed by atoms with Gasteiger partial charge in [0.05, 0.1) is 0 Å². The molecular weight excluding hydrogens is 278 g/mol. The highest BCUT2D eigenvalue weighted by Gasteiger charge is 2.08. The van der Waals surface area contributed by atoms with Gasteiger partial charge in [0.25, 0.3) is 0 Å². The molecule has 0 spiro atoms. The van der Waals surface area contributed by atoms with E-state index in [1.54, 1.807) is 0 Å². The van der Waals surface area contributed by atoms with Crippen molar-refractivity contribution in [3.05, 3.63) is 0 Å². The number of rotatable bonds is 8. The Kier molecular flexibility index (Phi) is 34.4. The molecule has 0 aromatic rings. The largest absolute Gasteiger partial charge is 0.400 e. The van der Waals surface area contributed by atoms with Gasteiger partial charge in [-0.2, -0.15) is 11.8 Å². The Balaban J connectivity index is -0.000000478. The van der Waals surface area contributed by atoms with Crippen molar-refractivity contribution < 1.29 is 5.11 Å². The first-order chi connectivity index (χ1) is 10.4. The van der Waals surface area contributed by atoms with Crippen molar-refractivity contribution in [3.63, 3.8) is 0 Å². The minimum absolute atomic E-state index is 1.00. The Morgan fingerprint density at radius 1 is 0.857 bits per heavy atom. The maximum absolute atomic E-state index is 7.00. The third-order valence-corrected chi connectivity index (χ3v) is 4.12. The van der Waals surface area contributed by atoms with Crippen molar-refractivity contribution in [2.75, 3.05) is 38.2 Å². The lowest BCUT2D eigenvalue weighted by Crippen LogP contribution is -2.33. The molecule has 0 bridgehead atoms. The van der Waals surface area contributed by atoms with Gasteiger partial charge in [0.2, 0.25) is 0 Å². The molecule has 0 radical (unpaired) electrons. The Morgan fingerprint density at radius 2 is 1.29 bits per heavy atom. The molecule has 1 N–H and O–H groups in total. The Labute approximate surface area is 139 Å². The van der Waals surface area contributed by atoms with E-state index in [2.05, 4.69) is 36.4 Å². The average molecular weight is 318 g/mol. The van der Waals surface area contributed by atoms with Crippen LogP contribution in [0.4, 0.5) is 0 Å². The molecular formula is C18H39NOS. The molecule has 1 aliphatic rings. The second-order valence-corrected chi connectivity index (χ2v) is 5.80. The van der Waals surface area contributed by atoms with Gasteiger partial charge < -0.3 is 10.0 Å². The molecule has 1 heterocycles. The quantitative estimate of drug-likeness (QED) is 0.520. The summed E-state index contributed by atoms with van der Waals surface area (Å²) in [6.45, 7) is 10.3. The van der Waals surface area contributed by atoms with Crippen molar-refractivity contribution in [2.45, 2.75) is 65.7 Å². The summed E-state index contributed by atoms with van der Waals surface area (Å²) in [7, 11) is 1.00. The van der Waals surface area contributed by atoms with E-state index in [-0.39, 0.29) is 0 Å². The molecule has 128 valence electrons. The molecule has 3 heteroatoms. The highest BCUT2D eigenvalue weighted by molar-refractivity contribution is 7.99. The lowest BCUT2D eigenvalue weighted by molar-refractivity contribution is 0.294. The fourth-order valence-corrected chi connectivity index (χ4v) is 3.10. The second-order valence-electron chi connectivity index (χ2n) is 4.58. The standard InChI is InChI=1S/C13H27NS.C2H6.C2H2.CH4O/c1-2-3-4-5-6-7-8-9-14-10-12-15-13-11-14;3*1-2/h2-13H2,1H3;1-2H3;1-2H;2H,1H3. The Bertz CT molecular complexity index is 168. The van der Waals surface area contributed by atoms with Gasteiger partial charge in [0, 0.05) is 31.7 Å². The first-order valence-electron chi connectivity index (χ1n) is 8.51. The number of aliphatic hydroxyl groups excluding tert-OH is 1. The van der Waals surface area contributed by atoms with Crippen LogP contribution in [-0.4, -0.2) is 48.3 Å². The summed E-state index contributed by atoms with van der Waals surface area (Å²) in [5.74, 6) is 2.72. The first kappa shape index (κ1) is 25.8. The smallest absolute Gasteiger partial charge is 0.0319 e. The van der Waals surface area contributed by atoms with E-state index < -0.39 is 0 Å². The van der Waals surface area contributed by atoms with Crippen molar-refractivity contribution in [1.29, 1.82) is 0 Å². The predicted octanol–water partition coefficient (Wildman–Crippen LogP) is 4.67. The number of unbranched alkanes of at least 4 members (excludes halogenated alkanes) is 6. The van der Waals surface area contributed by atoms with Gasteiger partial charge in [-0.3, -0.25) is 0 Å². The zero-order valence-electron chi connectivity index (χ0n) is 14.9. The van der Waals surface area contributed by atoms with Crippen LogP contribution < -0.4 is 0 Å². The highest BCUT2D eigenvalue weighted by atomic mass is 32.2. The minimum atomic E-state index is 1.00. The minimum Gasteiger partial charge on any atom is -0.400 e. The van der Waals surface area contributed by atoms with E-state index in [4.69, 9.17) is 5.11 Å². The second kappa shape index (κ2) is 28.1. The highest BCUT2D eigenvalue weighted by Crippen LogP contribution is 2.11. The van der Waals surface area contributed by atoms with Gasteiger partial charge in [0.15, 0.2) is 0 Å². The average Bonchev–Trinajstić information content (AvgIpc) is 2.60. The number of nitrogens with zero attached hydrogens (tertiary/aromatic N) is 1. The van der Waals surface area contributed by atoms with Gasteiger partial charge in [0.1, 0.15) is 0 Å². The number of hydrogen-bond donors (Lipinski definition) is 1. The number of aliphatic hydroxyl groups is 1. The summed E-state index contributed by atoms with van der Waals surface area (Å²) in [6.07, 6.45) is 18.1. The number of terminal acetylenes is 1. The molecule has 0 saturated carbocycles. The van der Waals surface area contributed by atoms with E-state index in [1.165, 1.54) is 76.1 Å². The maximum Gasteiger partial charge on any atom is 0.0319 e. The van der Waals surface area contributed by atoms with Crippen LogP contribution in [0.3, 0.4) is 0 Å². The number of thioether (sulfide) groups is 1. The van der Waals surface area contributed by atoms with Crippen LogP contribution in [0.5, 0.6) is 0 Å². The molecule has 1 saturated heterocycles. The van der Waals surface area contributed by atoms with Gasteiger partial charge in [-0.25, -0.2) is 0 Å². The normalized spacial score (nSPS) is 13.7. The van der Waals surface area contributed by atoms with Crippen LogP contribution in [0, 0.1) is 12.8 Å². The fourth-order valence-electron chi connectivity index (χ4n) is 2.12. The molecule has 0 aliphatic carbocycles. The molecule has 0 amide bonds. The molecule has 21 heavy (non-hydrogen) atoms. The van der Waals surface area contributed by atoms with Crippen molar-refractivity contribution in [2.24, 2.45) is 0 Å². The Morgan fingerprint density at radius 3 is 1.76 bits per heavy atom. The van der Waals surface area contributed by atoms with Crippen LogP contribution in [0.2, 0.25) is 0 Å². The van der Waals surface area contributed by atoms with Crippen LogP contribution in [0.25, 0.3) is 0 Å². The van der Waals surface area contributed by atoms with Crippen LogP contribution >= 0.6 is 11.8 Å². The van der Waals surface area contributed by atoms with E-state index in [0.717, 1.165) is 7.11 Å². The third kappa shape index (κ3) is 22.3. The van der Waals surface area contributed by atoms with Crippen molar-refractivity contribution in [3.8, 4) is 12.8 Å². The molecule has 0 aromatic carbocycles. The zero-order valence-corrected chi connectivity index (χ0v) is 15.8. The molecule has 2 nitrogen and oxygen atoms in total. The molecule has 0 aromatic heterocycles. The van der Waals surface area contributed by atoms with E-state index >= 15 is 0 Å². The summed E-state index contributed by atoms with van der Waals surface area (Å²) in [5, 5.41) is 7.00. The topological polar surface area (TPSA) is 23.5 Å². The fraction of sp³-hybridized carbons (Fsp3) is 0.889. The molecule has 0 atom stereocenters. The molecule has 0 unspecified atom stereocenters. The molecule has 1 fully saturated rings. The lowest BCUT2D eigenvalue weighted by Gasteiger charge is -2.25. The third-order valence-electron chi connectivity index (χ3n) is 3.18. The van der Waals surface area contributed by atoms with E-state index in [1.807, 2.05) is 13.8 Å². The molecule has 1 rings (SSSR count). The van der Waals surface area contributed by atoms with E-state index in [9.17, 15) is 0 Å². The summed E-state index contributed by atoms with van der Waals surface area (Å²) in [6, 6.07) is 0. The van der Waals surface area contributed by atoms with Gasteiger partial charge in [-0.15, -0.1) is 12.8 Å². The predicted molar refractivity (Wildman–Crippen MR) is 101 cm³/mol. The zero-order chi connectivity index (χ0) is 16.8. The molecule has 1 aliphatic heterocycles. The van der Waals surface area contributed by atoms with Gasteiger partial charge >= 0.3 is 0 Å². The summed E-state index contributed by atoms with van der Waals surface area (Å²) in [4.78, 5) is 2.64. The van der Waals surface area contributed by atoms with Gasteiger partial charge in [-0.1, -0.05) is 59.3 Å².